The maximum atomic E-state index is 12.9. The van der Waals surface area contributed by atoms with Crippen molar-refractivity contribution in [1.82, 2.24) is 15.2 Å². The molecular weight excluding hydrogens is 293 g/mol. The molecule has 6 heteroatoms. The van der Waals surface area contributed by atoms with Crippen LogP contribution in [0.25, 0.3) is 0 Å². The van der Waals surface area contributed by atoms with Crippen LogP contribution in [0.3, 0.4) is 0 Å². The van der Waals surface area contributed by atoms with Gasteiger partial charge in [-0.3, -0.25) is 0 Å². The van der Waals surface area contributed by atoms with Crippen LogP contribution in [-0.4, -0.2) is 15.2 Å². The predicted octanol–water partition coefficient (Wildman–Crippen LogP) is 3.67. The molecule has 23 heavy (non-hydrogen) atoms. The second kappa shape index (κ2) is 6.83. The van der Waals surface area contributed by atoms with E-state index in [9.17, 15) is 4.39 Å². The predicted molar refractivity (Wildman–Crippen MR) is 88.0 cm³/mol. The highest BCUT2D eigenvalue weighted by Gasteiger charge is 2.02. The first kappa shape index (κ1) is 14.9. The Morgan fingerprint density at radius 2 is 1.91 bits per heavy atom. The molecule has 1 heterocycles. The molecule has 2 aromatic carbocycles. The van der Waals surface area contributed by atoms with Crippen LogP contribution in [0, 0.1) is 12.7 Å². The third-order valence-corrected chi connectivity index (χ3v) is 3.22. The Labute approximate surface area is 133 Å². The van der Waals surface area contributed by atoms with Gasteiger partial charge >= 0.3 is 0 Å². The lowest BCUT2D eigenvalue weighted by atomic mass is 10.1. The van der Waals surface area contributed by atoms with E-state index < -0.39 is 0 Å². The number of anilines is 3. The molecule has 0 bridgehead atoms. The monoisotopic (exact) mass is 309 g/mol. The molecule has 0 aliphatic rings. The Bertz CT molecular complexity index is 789. The third-order valence-electron chi connectivity index (χ3n) is 3.22. The molecule has 0 unspecified atom stereocenters. The van der Waals surface area contributed by atoms with Crippen molar-refractivity contribution in [3.8, 4) is 0 Å². The van der Waals surface area contributed by atoms with Crippen LogP contribution in [0.1, 0.15) is 11.1 Å². The molecule has 0 saturated heterocycles. The number of benzene rings is 2. The highest BCUT2D eigenvalue weighted by molar-refractivity contribution is 5.53. The SMILES string of the molecule is Cc1cccc(CNc2cnnc(Nc3ccc(F)cc3)n2)c1. The Morgan fingerprint density at radius 3 is 2.70 bits per heavy atom. The van der Waals surface area contributed by atoms with E-state index in [1.165, 1.54) is 17.7 Å². The summed E-state index contributed by atoms with van der Waals surface area (Å²) in [4.78, 5) is 4.34. The van der Waals surface area contributed by atoms with Gasteiger partial charge in [-0.15, -0.1) is 5.10 Å². The van der Waals surface area contributed by atoms with Crippen LogP contribution < -0.4 is 10.6 Å². The number of nitrogens with one attached hydrogen (secondary N) is 2. The number of aromatic nitrogens is 3. The van der Waals surface area contributed by atoms with E-state index >= 15 is 0 Å². The van der Waals surface area contributed by atoms with Crippen LogP contribution in [-0.2, 0) is 6.54 Å². The van der Waals surface area contributed by atoms with Crippen molar-refractivity contribution in [2.45, 2.75) is 13.5 Å². The number of hydrogen-bond donors (Lipinski definition) is 2. The molecule has 0 aliphatic heterocycles. The fourth-order valence-electron chi connectivity index (χ4n) is 2.12. The Hall–Kier alpha value is -3.02. The van der Waals surface area contributed by atoms with Gasteiger partial charge in [0, 0.05) is 12.2 Å². The molecule has 1 aromatic heterocycles. The molecule has 5 nitrogen and oxygen atoms in total. The first-order valence-corrected chi connectivity index (χ1v) is 7.21. The lowest BCUT2D eigenvalue weighted by Gasteiger charge is -2.08. The highest BCUT2D eigenvalue weighted by atomic mass is 19.1. The smallest absolute Gasteiger partial charge is 0.249 e. The minimum atomic E-state index is -0.289. The van der Waals surface area contributed by atoms with Crippen molar-refractivity contribution in [2.75, 3.05) is 10.6 Å². The summed E-state index contributed by atoms with van der Waals surface area (Å²) in [6, 6.07) is 14.2. The van der Waals surface area contributed by atoms with Crippen molar-refractivity contribution in [3.05, 3.63) is 71.7 Å². The van der Waals surface area contributed by atoms with Crippen molar-refractivity contribution in [3.63, 3.8) is 0 Å². The first-order chi connectivity index (χ1) is 11.2. The van der Waals surface area contributed by atoms with Crippen LogP contribution >= 0.6 is 0 Å². The van der Waals surface area contributed by atoms with Gasteiger partial charge in [0.05, 0.1) is 6.20 Å². The van der Waals surface area contributed by atoms with Gasteiger partial charge < -0.3 is 10.6 Å². The second-order valence-corrected chi connectivity index (χ2v) is 5.14. The van der Waals surface area contributed by atoms with Gasteiger partial charge in [0.15, 0.2) is 5.82 Å². The minimum Gasteiger partial charge on any atom is -0.365 e. The molecule has 0 spiro atoms. The second-order valence-electron chi connectivity index (χ2n) is 5.14. The topological polar surface area (TPSA) is 62.7 Å². The molecule has 0 fully saturated rings. The Balaban J connectivity index is 1.66. The van der Waals surface area contributed by atoms with Crippen molar-refractivity contribution in [1.29, 1.82) is 0 Å². The van der Waals surface area contributed by atoms with Crippen LogP contribution in [0.5, 0.6) is 0 Å². The minimum absolute atomic E-state index is 0.289. The fourth-order valence-corrected chi connectivity index (χ4v) is 2.12. The van der Waals surface area contributed by atoms with E-state index in [2.05, 4.69) is 44.9 Å². The molecule has 0 atom stereocenters. The summed E-state index contributed by atoms with van der Waals surface area (Å²) in [6.07, 6.45) is 1.56. The number of rotatable bonds is 5. The molecule has 3 rings (SSSR count). The number of hydrogen-bond acceptors (Lipinski definition) is 5. The summed E-state index contributed by atoms with van der Waals surface area (Å²) < 4.78 is 12.9. The van der Waals surface area contributed by atoms with E-state index in [4.69, 9.17) is 0 Å². The normalized spacial score (nSPS) is 10.3. The third kappa shape index (κ3) is 4.23. The average Bonchev–Trinajstić information content (AvgIpc) is 2.56. The standard InChI is InChI=1S/C17H16FN5/c1-12-3-2-4-13(9-12)10-19-16-11-20-23-17(22-16)21-15-7-5-14(18)6-8-15/h2-9,11H,10H2,1H3,(H2,19,21,22,23). The summed E-state index contributed by atoms with van der Waals surface area (Å²) in [7, 11) is 0. The highest BCUT2D eigenvalue weighted by Crippen LogP contribution is 2.14. The van der Waals surface area contributed by atoms with Gasteiger partial charge in [0.2, 0.25) is 5.95 Å². The molecule has 0 saturated carbocycles. The lowest BCUT2D eigenvalue weighted by Crippen LogP contribution is -2.05. The molecule has 3 aromatic rings. The van der Waals surface area contributed by atoms with E-state index in [1.54, 1.807) is 18.3 Å². The first-order valence-electron chi connectivity index (χ1n) is 7.21. The summed E-state index contributed by atoms with van der Waals surface area (Å²) in [6.45, 7) is 2.71. The van der Waals surface area contributed by atoms with Gasteiger partial charge in [0.25, 0.3) is 0 Å². The zero-order chi connectivity index (χ0) is 16.1. The summed E-state index contributed by atoms with van der Waals surface area (Å²) >= 11 is 0. The zero-order valence-corrected chi connectivity index (χ0v) is 12.6. The van der Waals surface area contributed by atoms with E-state index in [0.29, 0.717) is 24.0 Å². The summed E-state index contributed by atoms with van der Waals surface area (Å²) in [5, 5.41) is 14.0. The van der Waals surface area contributed by atoms with Gasteiger partial charge in [-0.25, -0.2) is 4.39 Å². The number of aryl methyl sites for hydroxylation is 1. The van der Waals surface area contributed by atoms with Crippen molar-refractivity contribution >= 4 is 17.5 Å². The fraction of sp³-hybridized carbons (Fsp3) is 0.118. The molecular formula is C17H16FN5. The average molecular weight is 309 g/mol. The van der Waals surface area contributed by atoms with Crippen LogP contribution in [0.15, 0.2) is 54.7 Å². The van der Waals surface area contributed by atoms with E-state index in [0.717, 1.165) is 5.56 Å². The maximum absolute atomic E-state index is 12.9. The lowest BCUT2D eigenvalue weighted by molar-refractivity contribution is 0.628. The molecule has 0 radical (unpaired) electrons. The largest absolute Gasteiger partial charge is 0.365 e. The quantitative estimate of drug-likeness (QED) is 0.753. The van der Waals surface area contributed by atoms with Gasteiger partial charge in [-0.05, 0) is 36.8 Å². The van der Waals surface area contributed by atoms with Gasteiger partial charge in [0.1, 0.15) is 5.82 Å². The summed E-state index contributed by atoms with van der Waals surface area (Å²) in [5.74, 6) is 0.681. The molecule has 0 aliphatic carbocycles. The Kier molecular flexibility index (Phi) is 4.42. The van der Waals surface area contributed by atoms with Gasteiger partial charge in [-0.2, -0.15) is 10.1 Å². The number of halogens is 1. The maximum Gasteiger partial charge on any atom is 0.249 e. The van der Waals surface area contributed by atoms with E-state index in [1.807, 2.05) is 12.1 Å². The summed E-state index contributed by atoms with van der Waals surface area (Å²) in [5.41, 5.74) is 3.07. The molecule has 116 valence electrons. The molecule has 2 N–H and O–H groups in total. The van der Waals surface area contributed by atoms with Crippen molar-refractivity contribution < 1.29 is 4.39 Å². The van der Waals surface area contributed by atoms with Crippen LogP contribution in [0.4, 0.5) is 21.8 Å². The Morgan fingerprint density at radius 1 is 1.09 bits per heavy atom. The van der Waals surface area contributed by atoms with Crippen LogP contribution in [0.2, 0.25) is 0 Å². The van der Waals surface area contributed by atoms with E-state index in [-0.39, 0.29) is 5.82 Å². The van der Waals surface area contributed by atoms with Gasteiger partial charge in [-0.1, -0.05) is 29.8 Å². The number of nitrogens with zero attached hydrogens (tertiary/aromatic N) is 3. The molecule has 0 amide bonds. The zero-order valence-electron chi connectivity index (χ0n) is 12.6. The van der Waals surface area contributed by atoms with Crippen molar-refractivity contribution in [2.24, 2.45) is 0 Å².